The molecule has 2 amide bonds. The van der Waals surface area contributed by atoms with Crippen LogP contribution in [0.4, 0.5) is 0 Å². The van der Waals surface area contributed by atoms with Crippen molar-refractivity contribution in [1.82, 2.24) is 14.8 Å². The molecule has 2 aromatic heterocycles. The Morgan fingerprint density at radius 3 is 2.73 bits per heavy atom. The summed E-state index contributed by atoms with van der Waals surface area (Å²) in [4.78, 5) is 29.3. The maximum Gasteiger partial charge on any atom is 0.271 e. The Morgan fingerprint density at radius 1 is 1.30 bits per heavy atom. The van der Waals surface area contributed by atoms with E-state index < -0.39 is 5.54 Å². The second kappa shape index (κ2) is 10.00. The fourth-order valence-electron chi connectivity index (χ4n) is 5.00. The molecule has 6 nitrogen and oxygen atoms in total. The zero-order valence-electron chi connectivity index (χ0n) is 19.4. The van der Waals surface area contributed by atoms with Gasteiger partial charge in [0.05, 0.1) is 16.8 Å². The molecular formula is C26H34N4O2S. The zero-order valence-corrected chi connectivity index (χ0v) is 20.2. The lowest BCUT2D eigenvalue weighted by Gasteiger charge is -2.45. The normalized spacial score (nSPS) is 22.9. The Hall–Kier alpha value is -2.80. The van der Waals surface area contributed by atoms with E-state index in [4.69, 9.17) is 5.73 Å². The third-order valence-corrected chi connectivity index (χ3v) is 7.83. The number of hydrogen-bond acceptors (Lipinski definition) is 4. The molecule has 7 heteroatoms. The Balaban J connectivity index is 1.68. The molecular weight excluding hydrogens is 432 g/mol. The van der Waals surface area contributed by atoms with E-state index in [2.05, 4.69) is 11.9 Å². The molecule has 0 radical (unpaired) electrons. The van der Waals surface area contributed by atoms with Crippen LogP contribution < -0.4 is 11.1 Å². The van der Waals surface area contributed by atoms with Crippen molar-refractivity contribution >= 4 is 33.4 Å². The smallest absolute Gasteiger partial charge is 0.271 e. The van der Waals surface area contributed by atoms with Crippen molar-refractivity contribution < 1.29 is 9.59 Å². The molecule has 2 aromatic rings. The first-order chi connectivity index (χ1) is 16.0. The van der Waals surface area contributed by atoms with Crippen LogP contribution >= 0.6 is 11.3 Å². The summed E-state index contributed by atoms with van der Waals surface area (Å²) in [7, 11) is 0. The summed E-state index contributed by atoms with van der Waals surface area (Å²) in [5.41, 5.74) is 7.23. The topological polar surface area (TPSA) is 80.4 Å². The summed E-state index contributed by atoms with van der Waals surface area (Å²) in [5.74, 6) is -0.237. The quantitative estimate of drug-likeness (QED) is 0.604. The van der Waals surface area contributed by atoms with Gasteiger partial charge in [-0.05, 0) is 49.1 Å². The summed E-state index contributed by atoms with van der Waals surface area (Å²) < 4.78 is 3.07. The summed E-state index contributed by atoms with van der Waals surface area (Å²) >= 11 is 1.61. The number of carbonyl (C=O) groups is 2. The van der Waals surface area contributed by atoms with Crippen LogP contribution in [0.15, 0.2) is 54.1 Å². The summed E-state index contributed by atoms with van der Waals surface area (Å²) in [6, 6.07) is 4.12. The number of thiophene rings is 1. The number of carbonyl (C=O) groups excluding carboxylic acids is 2. The second-order valence-corrected chi connectivity index (χ2v) is 10.3. The lowest BCUT2D eigenvalue weighted by atomic mass is 9.91. The molecule has 0 spiro atoms. The van der Waals surface area contributed by atoms with Gasteiger partial charge >= 0.3 is 0 Å². The molecule has 1 fully saturated rings. The number of hydrogen-bond donors (Lipinski definition) is 2. The number of nitrogens with zero attached hydrogens (tertiary/aromatic N) is 2. The molecule has 1 aliphatic heterocycles. The van der Waals surface area contributed by atoms with E-state index in [9.17, 15) is 9.59 Å². The van der Waals surface area contributed by atoms with Crippen LogP contribution in [0.2, 0.25) is 0 Å². The number of fused-ring (bicyclic) bond motifs is 3. The van der Waals surface area contributed by atoms with Crippen molar-refractivity contribution in [3.8, 4) is 0 Å². The minimum atomic E-state index is -1.03. The van der Waals surface area contributed by atoms with E-state index in [1.165, 1.54) is 25.5 Å². The molecule has 0 bridgehead atoms. The number of rotatable bonds is 6. The zero-order chi connectivity index (χ0) is 23.4. The average molecular weight is 467 g/mol. The van der Waals surface area contributed by atoms with Crippen molar-refractivity contribution in [2.24, 2.45) is 5.73 Å². The Bertz CT molecular complexity index is 1090. The van der Waals surface area contributed by atoms with E-state index in [1.54, 1.807) is 28.4 Å². The van der Waals surface area contributed by atoms with Crippen molar-refractivity contribution in [3.63, 3.8) is 0 Å². The van der Waals surface area contributed by atoms with Gasteiger partial charge in [-0.2, -0.15) is 0 Å². The fraction of sp³-hybridized carbons (Fsp3) is 0.462. The first kappa shape index (κ1) is 23.4. The highest BCUT2D eigenvalue weighted by Gasteiger charge is 2.48. The van der Waals surface area contributed by atoms with Gasteiger partial charge in [0.15, 0.2) is 0 Å². The predicted octanol–water partition coefficient (Wildman–Crippen LogP) is 4.73. The highest BCUT2D eigenvalue weighted by atomic mass is 32.1. The standard InChI is InChI=1S/C26H34N4O2S/c1-3-4-10-19(16-27)17-30-24(31)22-15-23-21(13-14-33-23)29(22)18-26(30,2)25(32)28-20-11-8-6-5-7-9-12-20/h3-4,10,13-16,20H,1,5-9,11-12,17-18,27H2,2H3,(H,28,32)/b10-4-,19-16+. The van der Waals surface area contributed by atoms with Crippen LogP contribution in [-0.2, 0) is 11.3 Å². The molecule has 1 aliphatic carbocycles. The van der Waals surface area contributed by atoms with Gasteiger partial charge < -0.3 is 20.5 Å². The number of nitrogens with one attached hydrogen (secondary N) is 1. The minimum Gasteiger partial charge on any atom is -0.404 e. The van der Waals surface area contributed by atoms with Crippen LogP contribution in [0.1, 0.15) is 62.4 Å². The molecule has 2 aliphatic rings. The predicted molar refractivity (Wildman–Crippen MR) is 135 cm³/mol. The Kier molecular flexibility index (Phi) is 7.08. The molecule has 0 saturated heterocycles. The lowest BCUT2D eigenvalue weighted by molar-refractivity contribution is -0.133. The van der Waals surface area contributed by atoms with Crippen LogP contribution in [0, 0.1) is 0 Å². The monoisotopic (exact) mass is 466 g/mol. The number of allylic oxidation sites excluding steroid dienone is 2. The largest absolute Gasteiger partial charge is 0.404 e. The van der Waals surface area contributed by atoms with E-state index in [0.29, 0.717) is 12.2 Å². The minimum absolute atomic E-state index is 0.0896. The maximum absolute atomic E-state index is 13.8. The second-order valence-electron chi connectivity index (χ2n) is 9.30. The van der Waals surface area contributed by atoms with Gasteiger partial charge in [-0.3, -0.25) is 9.59 Å². The van der Waals surface area contributed by atoms with Crippen molar-refractivity contribution in [1.29, 1.82) is 0 Å². The van der Waals surface area contributed by atoms with Gasteiger partial charge in [0.2, 0.25) is 5.91 Å². The molecule has 0 aromatic carbocycles. The van der Waals surface area contributed by atoms with Gasteiger partial charge in [-0.25, -0.2) is 0 Å². The van der Waals surface area contributed by atoms with E-state index >= 15 is 0 Å². The number of aromatic nitrogens is 1. The van der Waals surface area contributed by atoms with E-state index in [0.717, 1.165) is 41.5 Å². The number of nitrogens with two attached hydrogens (primary N) is 1. The van der Waals surface area contributed by atoms with Gasteiger partial charge in [-0.15, -0.1) is 11.3 Å². The van der Waals surface area contributed by atoms with Gasteiger partial charge in [-0.1, -0.05) is 56.9 Å². The first-order valence-corrected chi connectivity index (χ1v) is 12.8. The molecule has 1 atom stereocenters. The molecule has 33 heavy (non-hydrogen) atoms. The average Bonchev–Trinajstić information content (AvgIpc) is 3.37. The van der Waals surface area contributed by atoms with Crippen LogP contribution in [0.3, 0.4) is 0 Å². The van der Waals surface area contributed by atoms with E-state index in [1.807, 2.05) is 35.1 Å². The third kappa shape index (κ3) is 4.64. The van der Waals surface area contributed by atoms with Crippen LogP contribution in [0.5, 0.6) is 0 Å². The molecule has 3 N–H and O–H groups in total. The van der Waals surface area contributed by atoms with Crippen molar-refractivity contribution in [2.45, 2.75) is 70.0 Å². The van der Waals surface area contributed by atoms with Gasteiger partial charge in [0, 0.05) is 12.6 Å². The lowest BCUT2D eigenvalue weighted by Crippen LogP contribution is -2.65. The van der Waals surface area contributed by atoms with Crippen molar-refractivity contribution in [3.05, 3.63) is 59.8 Å². The van der Waals surface area contributed by atoms with Gasteiger partial charge in [0.25, 0.3) is 5.91 Å². The summed E-state index contributed by atoms with van der Waals surface area (Å²) in [6.07, 6.45) is 14.8. The first-order valence-electron chi connectivity index (χ1n) is 11.9. The fourth-order valence-corrected chi connectivity index (χ4v) is 5.82. The van der Waals surface area contributed by atoms with Crippen molar-refractivity contribution in [2.75, 3.05) is 6.54 Å². The van der Waals surface area contributed by atoms with Crippen LogP contribution in [0.25, 0.3) is 10.2 Å². The maximum atomic E-state index is 13.8. The summed E-state index contributed by atoms with van der Waals surface area (Å²) in [5, 5.41) is 5.34. The Labute approximate surface area is 199 Å². The van der Waals surface area contributed by atoms with E-state index in [-0.39, 0.29) is 24.4 Å². The molecule has 3 heterocycles. The highest BCUT2D eigenvalue weighted by Crippen LogP contribution is 2.35. The summed E-state index contributed by atoms with van der Waals surface area (Å²) in [6.45, 7) is 6.27. The molecule has 176 valence electrons. The third-order valence-electron chi connectivity index (χ3n) is 6.98. The van der Waals surface area contributed by atoms with Crippen LogP contribution in [-0.4, -0.2) is 39.4 Å². The highest BCUT2D eigenvalue weighted by molar-refractivity contribution is 7.17. The molecule has 1 unspecified atom stereocenters. The number of amides is 2. The van der Waals surface area contributed by atoms with Gasteiger partial charge in [0.1, 0.15) is 11.2 Å². The SMILES string of the molecule is C=C/C=C\C(=C/N)CN1C(=O)c2cc3sccc3n2CC1(C)C(=O)NC1CCCCCCC1. The molecule has 4 rings (SSSR count). The Morgan fingerprint density at radius 2 is 2.03 bits per heavy atom. The molecule has 1 saturated carbocycles.